The molecule has 5 rings (SSSR count). The van der Waals surface area contributed by atoms with Gasteiger partial charge < -0.3 is 9.80 Å². The zero-order valence-electron chi connectivity index (χ0n) is 16.9. The number of fused-ring (bicyclic) bond motifs is 2. The molecule has 6 nitrogen and oxygen atoms in total. The van der Waals surface area contributed by atoms with Crippen LogP contribution in [0.15, 0.2) is 67.0 Å². The van der Waals surface area contributed by atoms with E-state index < -0.39 is 0 Å². The van der Waals surface area contributed by atoms with Crippen molar-refractivity contribution < 1.29 is 4.79 Å². The zero-order valence-corrected chi connectivity index (χ0v) is 16.9. The second-order valence-corrected chi connectivity index (χ2v) is 7.57. The molecule has 1 amide bonds. The van der Waals surface area contributed by atoms with E-state index >= 15 is 0 Å². The Kier molecular flexibility index (Phi) is 4.39. The molecule has 0 aliphatic carbocycles. The van der Waals surface area contributed by atoms with E-state index in [1.165, 1.54) is 11.3 Å². The van der Waals surface area contributed by atoms with Crippen LogP contribution in [0.1, 0.15) is 15.9 Å². The predicted octanol–water partition coefficient (Wildman–Crippen LogP) is 4.09. The number of carbonyl (C=O) groups excluding carboxylic acids is 1. The number of para-hydroxylation sites is 1. The number of rotatable bonds is 3. The van der Waals surface area contributed by atoms with Crippen LogP contribution in [0.25, 0.3) is 22.3 Å². The fraction of sp³-hybridized carbons (Fsp3) is 0.167. The summed E-state index contributed by atoms with van der Waals surface area (Å²) in [5.41, 5.74) is 6.52. The van der Waals surface area contributed by atoms with Crippen molar-refractivity contribution in [2.75, 3.05) is 25.5 Å². The first kappa shape index (κ1) is 18.2. The van der Waals surface area contributed by atoms with Gasteiger partial charge in [0.05, 0.1) is 11.2 Å². The minimum absolute atomic E-state index is 0.0172. The molecule has 1 aliphatic rings. The Morgan fingerprint density at radius 3 is 2.57 bits per heavy atom. The minimum atomic E-state index is -0.0172. The van der Waals surface area contributed by atoms with Gasteiger partial charge in [-0.05, 0) is 42.3 Å². The van der Waals surface area contributed by atoms with Crippen LogP contribution in [0, 0.1) is 0 Å². The molecule has 0 spiro atoms. The highest BCUT2D eigenvalue weighted by atomic mass is 16.2. The molecule has 0 N–H and O–H groups in total. The van der Waals surface area contributed by atoms with Gasteiger partial charge in [0.2, 0.25) is 0 Å². The van der Waals surface area contributed by atoms with Gasteiger partial charge in [-0.1, -0.05) is 30.3 Å². The number of pyridine rings is 1. The summed E-state index contributed by atoms with van der Waals surface area (Å²) >= 11 is 0. The smallest absolute Gasteiger partial charge is 0.253 e. The number of hydrogen-bond donors (Lipinski definition) is 0. The average molecular weight is 395 g/mol. The van der Waals surface area contributed by atoms with Crippen LogP contribution in [-0.4, -0.2) is 46.4 Å². The van der Waals surface area contributed by atoms with Gasteiger partial charge in [-0.25, -0.2) is 15.0 Å². The second-order valence-electron chi connectivity index (χ2n) is 7.57. The Morgan fingerprint density at radius 2 is 1.77 bits per heavy atom. The molecule has 3 heterocycles. The van der Waals surface area contributed by atoms with Crippen LogP contribution in [0.5, 0.6) is 0 Å². The number of hydrogen-bond acceptors (Lipinski definition) is 5. The highest BCUT2D eigenvalue weighted by Gasteiger charge is 2.23. The summed E-state index contributed by atoms with van der Waals surface area (Å²) in [7, 11) is 3.50. The molecule has 30 heavy (non-hydrogen) atoms. The van der Waals surface area contributed by atoms with E-state index in [1.54, 1.807) is 25.3 Å². The lowest BCUT2D eigenvalue weighted by atomic mass is 10.1. The standard InChI is InChI=1S/C24H21N5O/c1-28(2)24(30)18-9-7-16(8-10-18)19-11-12-20-22(27-19)23(26-15-25-20)29-14-13-17-5-3-4-6-21(17)29/h3-12,15H,13-14H2,1-2H3. The maximum absolute atomic E-state index is 12.1. The van der Waals surface area contributed by atoms with E-state index in [-0.39, 0.29) is 5.91 Å². The van der Waals surface area contributed by atoms with Crippen LogP contribution in [0.3, 0.4) is 0 Å². The SMILES string of the molecule is CN(C)C(=O)c1ccc(-c2ccc3ncnc(N4CCc5ccccc54)c3n2)cc1. The monoisotopic (exact) mass is 395 g/mol. The van der Waals surface area contributed by atoms with Gasteiger partial charge in [-0.2, -0.15) is 0 Å². The first-order valence-corrected chi connectivity index (χ1v) is 9.91. The normalized spacial score (nSPS) is 12.8. The number of anilines is 2. The quantitative estimate of drug-likeness (QED) is 0.523. The summed E-state index contributed by atoms with van der Waals surface area (Å²) in [6, 6.07) is 19.9. The van der Waals surface area contributed by atoms with E-state index in [4.69, 9.17) is 4.98 Å². The molecule has 6 heteroatoms. The minimum Gasteiger partial charge on any atom is -0.345 e. The first-order valence-electron chi connectivity index (χ1n) is 9.91. The van der Waals surface area contributed by atoms with Crippen molar-refractivity contribution in [3.63, 3.8) is 0 Å². The Balaban J connectivity index is 1.57. The van der Waals surface area contributed by atoms with Crippen LogP contribution in [0.2, 0.25) is 0 Å². The summed E-state index contributed by atoms with van der Waals surface area (Å²) in [6.45, 7) is 0.874. The second kappa shape index (κ2) is 7.22. The molecule has 4 aromatic rings. The summed E-state index contributed by atoms with van der Waals surface area (Å²) in [5.74, 6) is 0.808. The third-order valence-electron chi connectivity index (χ3n) is 5.44. The molecule has 1 aliphatic heterocycles. The van der Waals surface area contributed by atoms with E-state index in [9.17, 15) is 4.79 Å². The molecule has 2 aromatic heterocycles. The molecule has 0 unspecified atom stereocenters. The molecule has 0 saturated carbocycles. The van der Waals surface area contributed by atoms with Crippen molar-refractivity contribution in [1.82, 2.24) is 19.9 Å². The third kappa shape index (κ3) is 3.06. The Labute approximate surface area is 174 Å². The summed E-state index contributed by atoms with van der Waals surface area (Å²) in [4.78, 5) is 29.8. The number of carbonyl (C=O) groups is 1. The largest absolute Gasteiger partial charge is 0.345 e. The number of benzene rings is 2. The van der Waals surface area contributed by atoms with Crippen molar-refractivity contribution in [1.29, 1.82) is 0 Å². The fourth-order valence-electron chi connectivity index (χ4n) is 3.89. The molecule has 0 bridgehead atoms. The van der Waals surface area contributed by atoms with Gasteiger partial charge in [-0.3, -0.25) is 4.79 Å². The Bertz CT molecular complexity index is 1250. The van der Waals surface area contributed by atoms with Crippen molar-refractivity contribution in [2.45, 2.75) is 6.42 Å². The fourth-order valence-corrected chi connectivity index (χ4v) is 3.89. The lowest BCUT2D eigenvalue weighted by molar-refractivity contribution is 0.0827. The Morgan fingerprint density at radius 1 is 0.967 bits per heavy atom. The van der Waals surface area contributed by atoms with E-state index in [1.807, 2.05) is 36.4 Å². The molecule has 2 aromatic carbocycles. The van der Waals surface area contributed by atoms with Gasteiger partial charge >= 0.3 is 0 Å². The zero-order chi connectivity index (χ0) is 20.7. The van der Waals surface area contributed by atoms with Gasteiger partial charge in [-0.15, -0.1) is 0 Å². The van der Waals surface area contributed by atoms with Gasteiger partial charge in [0.1, 0.15) is 11.8 Å². The van der Waals surface area contributed by atoms with Crippen molar-refractivity contribution in [3.05, 3.63) is 78.1 Å². The number of nitrogens with zero attached hydrogens (tertiary/aromatic N) is 5. The van der Waals surface area contributed by atoms with Gasteiger partial charge in [0, 0.05) is 37.5 Å². The molecule has 0 radical (unpaired) electrons. The van der Waals surface area contributed by atoms with Crippen LogP contribution >= 0.6 is 0 Å². The Hall–Kier alpha value is -3.80. The van der Waals surface area contributed by atoms with Gasteiger partial charge in [0.25, 0.3) is 5.91 Å². The van der Waals surface area contributed by atoms with Gasteiger partial charge in [0.15, 0.2) is 5.82 Å². The van der Waals surface area contributed by atoms with Crippen LogP contribution in [-0.2, 0) is 6.42 Å². The molecule has 0 saturated heterocycles. The molecule has 148 valence electrons. The maximum atomic E-state index is 12.1. The topological polar surface area (TPSA) is 62.2 Å². The molecule has 0 fully saturated rings. The van der Waals surface area contributed by atoms with Crippen molar-refractivity contribution in [2.24, 2.45) is 0 Å². The highest BCUT2D eigenvalue weighted by Crippen LogP contribution is 2.36. The average Bonchev–Trinajstić information content (AvgIpc) is 3.22. The summed E-state index contributed by atoms with van der Waals surface area (Å²) < 4.78 is 0. The van der Waals surface area contributed by atoms with E-state index in [2.05, 4.69) is 39.1 Å². The summed E-state index contributed by atoms with van der Waals surface area (Å²) in [5, 5.41) is 0. The van der Waals surface area contributed by atoms with E-state index in [0.717, 1.165) is 41.1 Å². The molecule has 0 atom stereocenters. The van der Waals surface area contributed by atoms with Crippen molar-refractivity contribution >= 4 is 28.4 Å². The highest BCUT2D eigenvalue weighted by molar-refractivity contribution is 5.94. The maximum Gasteiger partial charge on any atom is 0.253 e. The lowest BCUT2D eigenvalue weighted by Crippen LogP contribution is -2.21. The lowest BCUT2D eigenvalue weighted by Gasteiger charge is -2.19. The summed E-state index contributed by atoms with van der Waals surface area (Å²) in [6.07, 6.45) is 2.59. The van der Waals surface area contributed by atoms with Crippen molar-refractivity contribution in [3.8, 4) is 11.3 Å². The predicted molar refractivity (Wildman–Crippen MR) is 118 cm³/mol. The third-order valence-corrected chi connectivity index (χ3v) is 5.44. The van der Waals surface area contributed by atoms with E-state index in [0.29, 0.717) is 5.56 Å². The van der Waals surface area contributed by atoms with Crippen LogP contribution in [0.4, 0.5) is 11.5 Å². The number of aromatic nitrogens is 3. The first-order chi connectivity index (χ1) is 14.6. The molecular weight excluding hydrogens is 374 g/mol. The molecular formula is C24H21N5O. The number of amides is 1. The van der Waals surface area contributed by atoms with Crippen LogP contribution < -0.4 is 4.90 Å².